The quantitative estimate of drug-likeness (QED) is 0.114. The molecule has 0 fully saturated rings. The third kappa shape index (κ3) is 17.7. The number of aliphatic imine (C=N–C) groups is 1. The van der Waals surface area contributed by atoms with Crippen molar-refractivity contribution in [2.24, 2.45) is 10.7 Å². The molecule has 3 rings (SSSR count). The highest BCUT2D eigenvalue weighted by Crippen LogP contribution is 2.17. The molecule has 0 aliphatic rings. The number of methoxy groups -OCH3 is 2. The molecule has 3 aromatic carbocycles. The Bertz CT molecular complexity index is 1170. The van der Waals surface area contributed by atoms with Crippen molar-refractivity contribution < 1.29 is 19.1 Å². The van der Waals surface area contributed by atoms with E-state index in [1.165, 1.54) is 19.8 Å². The van der Waals surface area contributed by atoms with Crippen LogP contribution in [0.4, 0.5) is 0 Å². The van der Waals surface area contributed by atoms with Crippen molar-refractivity contribution in [1.82, 2.24) is 0 Å². The summed E-state index contributed by atoms with van der Waals surface area (Å²) >= 11 is 9.06. The first-order valence-electron chi connectivity index (χ1n) is 12.7. The SMILES string of the molecule is BrCc1ccccc1.C=CC.C=CC[C@@](N)(Cc1ccccc1)C(=O)OC.COC(=O)CN=Cc1ccc(Cl)cc1. The summed E-state index contributed by atoms with van der Waals surface area (Å²) in [6, 6.07) is 27.1. The summed E-state index contributed by atoms with van der Waals surface area (Å²) < 4.78 is 9.16. The molecule has 220 valence electrons. The number of nitrogens with zero attached hydrogens (tertiary/aromatic N) is 1. The van der Waals surface area contributed by atoms with E-state index in [2.05, 4.69) is 50.9 Å². The lowest BCUT2D eigenvalue weighted by Gasteiger charge is -2.25. The summed E-state index contributed by atoms with van der Waals surface area (Å²) in [7, 11) is 2.68. The van der Waals surface area contributed by atoms with Crippen molar-refractivity contribution in [3.05, 3.63) is 132 Å². The maximum atomic E-state index is 11.6. The van der Waals surface area contributed by atoms with Crippen LogP contribution in [0.5, 0.6) is 0 Å². The van der Waals surface area contributed by atoms with Gasteiger partial charge in [0, 0.05) is 23.0 Å². The number of carbonyl (C=O) groups is 2. The lowest BCUT2D eigenvalue weighted by Crippen LogP contribution is -2.50. The Balaban J connectivity index is 0.000000581. The molecule has 0 saturated carbocycles. The van der Waals surface area contributed by atoms with Crippen LogP contribution in [0.3, 0.4) is 0 Å². The van der Waals surface area contributed by atoms with E-state index < -0.39 is 11.5 Å². The van der Waals surface area contributed by atoms with Crippen LogP contribution in [0.25, 0.3) is 0 Å². The van der Waals surface area contributed by atoms with Gasteiger partial charge in [-0.3, -0.25) is 14.6 Å². The second kappa shape index (κ2) is 23.2. The molecule has 0 aromatic heterocycles. The maximum absolute atomic E-state index is 11.6. The summed E-state index contributed by atoms with van der Waals surface area (Å²) in [5, 5.41) is 1.63. The van der Waals surface area contributed by atoms with Crippen molar-refractivity contribution in [1.29, 1.82) is 0 Å². The number of nitrogens with two attached hydrogens (primary N) is 1. The molecule has 41 heavy (non-hydrogen) atoms. The van der Waals surface area contributed by atoms with Gasteiger partial charge in [-0.25, -0.2) is 0 Å². The molecule has 8 heteroatoms. The molecule has 0 unspecified atom stereocenters. The van der Waals surface area contributed by atoms with Crippen molar-refractivity contribution >= 4 is 45.7 Å². The van der Waals surface area contributed by atoms with Gasteiger partial charge < -0.3 is 15.2 Å². The first kappa shape index (κ1) is 37.5. The fourth-order valence-electron chi connectivity index (χ4n) is 3.05. The highest BCUT2D eigenvalue weighted by atomic mass is 79.9. The van der Waals surface area contributed by atoms with Gasteiger partial charge >= 0.3 is 11.9 Å². The summed E-state index contributed by atoms with van der Waals surface area (Å²) in [5.41, 5.74) is 8.27. The van der Waals surface area contributed by atoms with E-state index in [9.17, 15) is 9.59 Å². The first-order chi connectivity index (χ1) is 19.7. The molecule has 0 bridgehead atoms. The number of benzene rings is 3. The summed E-state index contributed by atoms with van der Waals surface area (Å²) in [6.45, 7) is 8.91. The topological polar surface area (TPSA) is 91.0 Å². The van der Waals surface area contributed by atoms with Gasteiger partial charge in [0.15, 0.2) is 0 Å². The number of esters is 2. The molecule has 1 atom stereocenters. The number of rotatable bonds is 9. The average Bonchev–Trinajstić information content (AvgIpc) is 2.99. The second-order valence-corrected chi connectivity index (χ2v) is 9.43. The minimum atomic E-state index is -1.02. The van der Waals surface area contributed by atoms with Gasteiger partial charge in [0.05, 0.1) is 14.2 Å². The smallest absolute Gasteiger partial charge is 0.327 e. The zero-order valence-corrected chi connectivity index (χ0v) is 26.3. The monoisotopic (exact) mass is 642 g/mol. The summed E-state index contributed by atoms with van der Waals surface area (Å²) in [6.07, 6.45) is 5.84. The summed E-state index contributed by atoms with van der Waals surface area (Å²) in [4.78, 5) is 26.2. The van der Waals surface area contributed by atoms with E-state index in [1.54, 1.807) is 30.5 Å². The van der Waals surface area contributed by atoms with Crippen LogP contribution in [0.2, 0.25) is 5.02 Å². The van der Waals surface area contributed by atoms with E-state index >= 15 is 0 Å². The van der Waals surface area contributed by atoms with Crippen molar-refractivity contribution in [2.75, 3.05) is 20.8 Å². The number of halogens is 2. The van der Waals surface area contributed by atoms with Crippen LogP contribution in [0.1, 0.15) is 30.0 Å². The van der Waals surface area contributed by atoms with E-state index in [-0.39, 0.29) is 12.5 Å². The number of hydrogen-bond donors (Lipinski definition) is 1. The molecular formula is C33H40BrClN2O4. The molecule has 3 aromatic rings. The molecule has 0 amide bonds. The zero-order valence-electron chi connectivity index (χ0n) is 24.0. The molecule has 0 saturated heterocycles. The maximum Gasteiger partial charge on any atom is 0.327 e. The second-order valence-electron chi connectivity index (χ2n) is 8.43. The fourth-order valence-corrected chi connectivity index (χ4v) is 3.55. The number of hydrogen-bond acceptors (Lipinski definition) is 6. The summed E-state index contributed by atoms with van der Waals surface area (Å²) in [5.74, 6) is -0.758. The van der Waals surface area contributed by atoms with Gasteiger partial charge in [0.2, 0.25) is 0 Å². The normalized spacial score (nSPS) is 11.1. The molecule has 0 aliphatic carbocycles. The molecule has 0 heterocycles. The van der Waals surface area contributed by atoms with Gasteiger partial charge in [0.1, 0.15) is 12.1 Å². The Kier molecular flexibility index (Phi) is 21.2. The third-order valence-corrected chi connectivity index (χ3v) is 5.92. The Morgan fingerprint density at radius 2 is 1.44 bits per heavy atom. The highest BCUT2D eigenvalue weighted by Gasteiger charge is 2.33. The molecule has 2 N–H and O–H groups in total. The van der Waals surface area contributed by atoms with Gasteiger partial charge in [0.25, 0.3) is 0 Å². The zero-order chi connectivity index (χ0) is 30.9. The highest BCUT2D eigenvalue weighted by molar-refractivity contribution is 9.08. The predicted octanol–water partition coefficient (Wildman–Crippen LogP) is 7.38. The van der Waals surface area contributed by atoms with E-state index in [0.717, 1.165) is 16.5 Å². The van der Waals surface area contributed by atoms with Gasteiger partial charge in [-0.05, 0) is 42.2 Å². The standard InChI is InChI=1S/C13H17NO2.C10H10ClNO2.C7H7Br.C3H6/c1-3-9-13(14,12(15)16-2)10-11-7-5-4-6-8-11;1-14-10(13)7-12-6-8-2-4-9(11)5-3-8;8-6-7-4-2-1-3-5-7;1-3-2/h3-8H,1,9-10,14H2,2H3;2-6H,7H2,1H3;1-5H,6H2;3H,1H2,2H3/t13-;;;/m1.../s1. The Morgan fingerprint density at radius 1 is 0.927 bits per heavy atom. The molecule has 0 aliphatic heterocycles. The number of alkyl halides is 1. The van der Waals surface area contributed by atoms with Crippen molar-refractivity contribution in [3.8, 4) is 0 Å². The lowest BCUT2D eigenvalue weighted by atomic mass is 9.88. The van der Waals surface area contributed by atoms with Crippen LogP contribution < -0.4 is 5.73 Å². The molecule has 0 radical (unpaired) electrons. The van der Waals surface area contributed by atoms with Crippen molar-refractivity contribution in [2.45, 2.75) is 30.6 Å². The molecule has 0 spiro atoms. The minimum Gasteiger partial charge on any atom is -0.468 e. The average molecular weight is 644 g/mol. The third-order valence-electron chi connectivity index (χ3n) is 5.02. The number of ether oxygens (including phenoxy) is 2. The van der Waals surface area contributed by atoms with Crippen molar-refractivity contribution in [3.63, 3.8) is 0 Å². The first-order valence-corrected chi connectivity index (χ1v) is 14.2. The molecular weight excluding hydrogens is 604 g/mol. The number of allylic oxidation sites excluding steroid dienone is 1. The number of carbonyl (C=O) groups excluding carboxylic acids is 2. The van der Waals surface area contributed by atoms with E-state index in [1.807, 2.05) is 67.6 Å². The van der Waals surface area contributed by atoms with Crippen LogP contribution in [-0.2, 0) is 30.8 Å². The van der Waals surface area contributed by atoms with Crippen LogP contribution in [-0.4, -0.2) is 44.5 Å². The Hall–Kier alpha value is -3.52. The van der Waals surface area contributed by atoms with E-state index in [0.29, 0.717) is 17.9 Å². The van der Waals surface area contributed by atoms with Crippen LogP contribution in [0.15, 0.2) is 115 Å². The largest absolute Gasteiger partial charge is 0.468 e. The van der Waals surface area contributed by atoms with Gasteiger partial charge in [-0.1, -0.05) is 112 Å². The molecule has 6 nitrogen and oxygen atoms in total. The van der Waals surface area contributed by atoms with Crippen LogP contribution in [0, 0.1) is 0 Å². The fraction of sp³-hybridized carbons (Fsp3) is 0.242. The minimum absolute atomic E-state index is 0.0408. The lowest BCUT2D eigenvalue weighted by molar-refractivity contribution is -0.147. The van der Waals surface area contributed by atoms with E-state index in [4.69, 9.17) is 22.1 Å². The van der Waals surface area contributed by atoms with Gasteiger partial charge in [-0.15, -0.1) is 13.2 Å². The van der Waals surface area contributed by atoms with Gasteiger partial charge in [-0.2, -0.15) is 0 Å². The predicted molar refractivity (Wildman–Crippen MR) is 175 cm³/mol. The Morgan fingerprint density at radius 3 is 1.85 bits per heavy atom. The van der Waals surface area contributed by atoms with Crippen LogP contribution >= 0.6 is 27.5 Å². The Labute approximate surface area is 258 Å².